The Kier molecular flexibility index (Phi) is 4.97. The first-order chi connectivity index (χ1) is 11.5. The Hall–Kier alpha value is -1.78. The quantitative estimate of drug-likeness (QED) is 0.681. The lowest BCUT2D eigenvalue weighted by Crippen LogP contribution is -2.23. The van der Waals surface area contributed by atoms with Crippen LogP contribution in [0.1, 0.15) is 17.0 Å². The van der Waals surface area contributed by atoms with Gasteiger partial charge < -0.3 is 5.32 Å². The molecule has 1 N–H and O–H groups in total. The van der Waals surface area contributed by atoms with Crippen LogP contribution in [0.25, 0.3) is 10.6 Å². The summed E-state index contributed by atoms with van der Waals surface area (Å²) in [4.78, 5) is 17.0. The molecule has 0 saturated heterocycles. The van der Waals surface area contributed by atoms with Crippen molar-refractivity contribution in [3.8, 4) is 10.6 Å². The van der Waals surface area contributed by atoms with Gasteiger partial charge in [-0.1, -0.05) is 23.1 Å². The molecule has 0 saturated carbocycles. The third-order valence-electron chi connectivity index (χ3n) is 3.45. The number of thioether (sulfide) groups is 1. The number of anilines is 1. The second-order valence-electron chi connectivity index (χ2n) is 5.07. The number of nitrogens with one attached hydrogen (secondary N) is 1. The first-order valence-electron chi connectivity index (χ1n) is 7.13. The van der Waals surface area contributed by atoms with Crippen LogP contribution in [0, 0.1) is 13.8 Å². The topological polar surface area (TPSA) is 85.6 Å². The van der Waals surface area contributed by atoms with Crippen molar-refractivity contribution >= 4 is 39.6 Å². The zero-order valence-electron chi connectivity index (χ0n) is 13.7. The summed E-state index contributed by atoms with van der Waals surface area (Å²) >= 11 is 4.58. The Morgan fingerprint density at radius 1 is 1.33 bits per heavy atom. The fourth-order valence-corrected chi connectivity index (χ4v) is 4.71. The van der Waals surface area contributed by atoms with Gasteiger partial charge in [0.2, 0.25) is 5.13 Å². The lowest BCUT2D eigenvalue weighted by molar-refractivity contribution is 0.690. The van der Waals surface area contributed by atoms with E-state index in [2.05, 4.69) is 25.6 Å². The predicted octanol–water partition coefficient (Wildman–Crippen LogP) is 2.71. The molecule has 3 aromatic rings. The van der Waals surface area contributed by atoms with Crippen molar-refractivity contribution in [2.75, 3.05) is 12.4 Å². The van der Waals surface area contributed by atoms with Gasteiger partial charge in [-0.15, -0.1) is 21.5 Å². The van der Waals surface area contributed by atoms with E-state index in [0.29, 0.717) is 11.3 Å². The number of hydrogen-bond donors (Lipinski definition) is 1. The molecule has 3 heterocycles. The number of aryl methyl sites for hydroxylation is 2. The van der Waals surface area contributed by atoms with Gasteiger partial charge in [-0.3, -0.25) is 4.79 Å². The van der Waals surface area contributed by atoms with E-state index in [4.69, 9.17) is 0 Å². The molecule has 0 aromatic carbocycles. The monoisotopic (exact) mass is 380 g/mol. The molecule has 0 fully saturated rings. The molecule has 0 unspecified atom stereocenters. The minimum Gasteiger partial charge on any atom is -0.363 e. The van der Waals surface area contributed by atoms with Crippen molar-refractivity contribution in [1.29, 1.82) is 0 Å². The molecular formula is C14H16N6OS3. The number of hydrogen-bond acceptors (Lipinski definition) is 9. The van der Waals surface area contributed by atoms with Gasteiger partial charge in [-0.05, 0) is 19.4 Å². The zero-order valence-corrected chi connectivity index (χ0v) is 16.1. The normalized spacial score (nSPS) is 11.0. The SMILES string of the molecule is CNc1nnc(SCc2csc(-c3c(C)c(C)nn(C)c3=O)n2)s1. The van der Waals surface area contributed by atoms with E-state index in [9.17, 15) is 4.79 Å². The van der Waals surface area contributed by atoms with Crippen molar-refractivity contribution in [2.24, 2.45) is 7.05 Å². The highest BCUT2D eigenvalue weighted by atomic mass is 32.2. The van der Waals surface area contributed by atoms with E-state index in [0.717, 1.165) is 31.4 Å². The van der Waals surface area contributed by atoms with Crippen molar-refractivity contribution in [2.45, 2.75) is 23.9 Å². The maximum Gasteiger partial charge on any atom is 0.277 e. The summed E-state index contributed by atoms with van der Waals surface area (Å²) in [6.45, 7) is 3.81. The second kappa shape index (κ2) is 6.99. The molecule has 24 heavy (non-hydrogen) atoms. The molecule has 0 aliphatic rings. The Balaban J connectivity index is 1.82. The summed E-state index contributed by atoms with van der Waals surface area (Å²) in [7, 11) is 3.48. The first kappa shape index (κ1) is 17.1. The van der Waals surface area contributed by atoms with E-state index in [-0.39, 0.29) is 5.56 Å². The van der Waals surface area contributed by atoms with Gasteiger partial charge in [0.15, 0.2) is 4.34 Å². The third-order valence-corrected chi connectivity index (χ3v) is 6.47. The summed E-state index contributed by atoms with van der Waals surface area (Å²) in [5.41, 5.74) is 3.17. The molecule has 10 heteroatoms. The fourth-order valence-electron chi connectivity index (χ4n) is 2.09. The molecule has 3 aromatic heterocycles. The highest BCUT2D eigenvalue weighted by molar-refractivity contribution is 8.00. The van der Waals surface area contributed by atoms with Crippen LogP contribution in [-0.4, -0.2) is 32.0 Å². The van der Waals surface area contributed by atoms with Gasteiger partial charge in [0, 0.05) is 25.2 Å². The zero-order chi connectivity index (χ0) is 17.3. The van der Waals surface area contributed by atoms with Gasteiger partial charge >= 0.3 is 0 Å². The number of rotatable bonds is 5. The lowest BCUT2D eigenvalue weighted by atomic mass is 10.1. The van der Waals surface area contributed by atoms with Crippen molar-refractivity contribution in [1.82, 2.24) is 25.0 Å². The summed E-state index contributed by atoms with van der Waals surface area (Å²) in [5.74, 6) is 0.693. The predicted molar refractivity (Wildman–Crippen MR) is 99.1 cm³/mol. The first-order valence-corrected chi connectivity index (χ1v) is 9.81. The van der Waals surface area contributed by atoms with Crippen LogP contribution in [0.15, 0.2) is 14.5 Å². The summed E-state index contributed by atoms with van der Waals surface area (Å²) in [5, 5.41) is 18.8. The van der Waals surface area contributed by atoms with Gasteiger partial charge in [0.1, 0.15) is 5.01 Å². The maximum atomic E-state index is 12.4. The van der Waals surface area contributed by atoms with Crippen LogP contribution in [0.2, 0.25) is 0 Å². The average Bonchev–Trinajstić information content (AvgIpc) is 3.20. The molecule has 0 aliphatic heterocycles. The summed E-state index contributed by atoms with van der Waals surface area (Å²) in [6.07, 6.45) is 0. The standard InChI is InChI=1S/C14H16N6OS3/c1-7-8(2)19-20(4)12(21)10(7)11-16-9(5-22-11)6-23-14-18-17-13(15-3)24-14/h5H,6H2,1-4H3,(H,15,17). The minimum absolute atomic E-state index is 0.116. The molecule has 0 spiro atoms. The molecular weight excluding hydrogens is 364 g/mol. The summed E-state index contributed by atoms with van der Waals surface area (Å²) < 4.78 is 2.26. The fraction of sp³-hybridized carbons (Fsp3) is 0.357. The Morgan fingerprint density at radius 3 is 2.83 bits per heavy atom. The molecule has 7 nitrogen and oxygen atoms in total. The van der Waals surface area contributed by atoms with Crippen molar-refractivity contribution in [3.63, 3.8) is 0 Å². The van der Waals surface area contributed by atoms with E-state index < -0.39 is 0 Å². The molecule has 126 valence electrons. The minimum atomic E-state index is -0.116. The van der Waals surface area contributed by atoms with Gasteiger partial charge in [0.05, 0.1) is 17.0 Å². The van der Waals surface area contributed by atoms with E-state index in [1.165, 1.54) is 27.4 Å². The van der Waals surface area contributed by atoms with Crippen LogP contribution in [0.5, 0.6) is 0 Å². The molecule has 0 amide bonds. The van der Waals surface area contributed by atoms with Crippen molar-refractivity contribution in [3.05, 3.63) is 32.7 Å². The van der Waals surface area contributed by atoms with Crippen LogP contribution in [0.3, 0.4) is 0 Å². The maximum absolute atomic E-state index is 12.4. The highest BCUT2D eigenvalue weighted by Crippen LogP contribution is 2.30. The van der Waals surface area contributed by atoms with Crippen LogP contribution in [-0.2, 0) is 12.8 Å². The highest BCUT2D eigenvalue weighted by Gasteiger charge is 2.16. The van der Waals surface area contributed by atoms with Crippen LogP contribution >= 0.6 is 34.4 Å². The number of nitrogens with zero attached hydrogens (tertiary/aromatic N) is 5. The Bertz CT molecular complexity index is 929. The van der Waals surface area contributed by atoms with E-state index in [1.54, 1.807) is 18.8 Å². The second-order valence-corrected chi connectivity index (χ2v) is 8.13. The van der Waals surface area contributed by atoms with Crippen LogP contribution in [0.4, 0.5) is 5.13 Å². The molecule has 0 aliphatic carbocycles. The average molecular weight is 381 g/mol. The van der Waals surface area contributed by atoms with E-state index in [1.807, 2.05) is 26.3 Å². The summed E-state index contributed by atoms with van der Waals surface area (Å²) in [6, 6.07) is 0. The van der Waals surface area contributed by atoms with E-state index >= 15 is 0 Å². The largest absolute Gasteiger partial charge is 0.363 e. The van der Waals surface area contributed by atoms with Crippen molar-refractivity contribution < 1.29 is 0 Å². The van der Waals surface area contributed by atoms with Gasteiger partial charge in [0.25, 0.3) is 5.56 Å². The molecule has 0 radical (unpaired) electrons. The number of aromatic nitrogens is 5. The third kappa shape index (κ3) is 3.35. The molecule has 3 rings (SSSR count). The Morgan fingerprint density at radius 2 is 2.12 bits per heavy atom. The number of thiazole rings is 1. The van der Waals surface area contributed by atoms with Crippen LogP contribution < -0.4 is 10.9 Å². The Labute approximate surface area is 151 Å². The lowest BCUT2D eigenvalue weighted by Gasteiger charge is -2.07. The van der Waals surface area contributed by atoms with Gasteiger partial charge in [-0.25, -0.2) is 9.67 Å². The smallest absolute Gasteiger partial charge is 0.277 e. The molecule has 0 atom stereocenters. The molecule has 0 bridgehead atoms. The van der Waals surface area contributed by atoms with Gasteiger partial charge in [-0.2, -0.15) is 5.10 Å².